The van der Waals surface area contributed by atoms with Crippen LogP contribution in [-0.2, 0) is 9.59 Å². The summed E-state index contributed by atoms with van der Waals surface area (Å²) in [7, 11) is 0. The zero-order valence-corrected chi connectivity index (χ0v) is 17.5. The molecule has 0 aromatic heterocycles. The molecule has 1 saturated heterocycles. The van der Waals surface area contributed by atoms with E-state index in [1.165, 1.54) is 11.1 Å². The Labute approximate surface area is 164 Å². The van der Waals surface area contributed by atoms with Crippen molar-refractivity contribution in [3.8, 4) is 0 Å². The first-order chi connectivity index (χ1) is 13.0. The third kappa shape index (κ3) is 5.82. The molecule has 0 spiro atoms. The van der Waals surface area contributed by atoms with E-state index in [0.717, 1.165) is 38.8 Å². The molecule has 4 heteroatoms. The molecule has 1 aliphatic rings. The van der Waals surface area contributed by atoms with Crippen molar-refractivity contribution in [2.45, 2.75) is 71.6 Å². The highest BCUT2D eigenvalue weighted by atomic mass is 16.2. The molecule has 1 aliphatic heterocycles. The van der Waals surface area contributed by atoms with E-state index in [1.54, 1.807) is 0 Å². The van der Waals surface area contributed by atoms with Crippen molar-refractivity contribution in [1.82, 2.24) is 10.2 Å². The minimum atomic E-state index is -0.105. The zero-order valence-electron chi connectivity index (χ0n) is 17.5. The molecule has 0 radical (unpaired) electrons. The summed E-state index contributed by atoms with van der Waals surface area (Å²) in [4.78, 5) is 26.3. The number of piperidine rings is 1. The van der Waals surface area contributed by atoms with Crippen LogP contribution in [0.25, 0.3) is 0 Å². The first kappa shape index (κ1) is 21.5. The SMILES string of the molecule is CCC(=O)NCC(CC)C(=O)N1CCC(c2ccc(C(C)CC)cc2)CC1. The summed E-state index contributed by atoms with van der Waals surface area (Å²) in [5.74, 6) is 1.25. The van der Waals surface area contributed by atoms with Gasteiger partial charge in [0.25, 0.3) is 0 Å². The van der Waals surface area contributed by atoms with Gasteiger partial charge < -0.3 is 10.2 Å². The van der Waals surface area contributed by atoms with Crippen LogP contribution in [0.1, 0.15) is 82.8 Å². The molecule has 1 aromatic rings. The molecule has 150 valence electrons. The van der Waals surface area contributed by atoms with E-state index in [4.69, 9.17) is 0 Å². The van der Waals surface area contributed by atoms with Crippen LogP contribution in [0.2, 0.25) is 0 Å². The minimum absolute atomic E-state index is 0.0146. The normalized spacial score (nSPS) is 17.4. The molecule has 1 heterocycles. The van der Waals surface area contributed by atoms with Crippen molar-refractivity contribution in [2.75, 3.05) is 19.6 Å². The Bertz CT molecular complexity index is 603. The third-order valence-electron chi connectivity index (χ3n) is 6.10. The highest BCUT2D eigenvalue weighted by molar-refractivity contribution is 5.81. The average Bonchev–Trinajstić information content (AvgIpc) is 2.73. The Morgan fingerprint density at radius 2 is 1.70 bits per heavy atom. The number of hydrogen-bond donors (Lipinski definition) is 1. The topological polar surface area (TPSA) is 49.4 Å². The van der Waals surface area contributed by atoms with Gasteiger partial charge in [-0.25, -0.2) is 0 Å². The van der Waals surface area contributed by atoms with Crippen LogP contribution in [0.4, 0.5) is 0 Å². The second-order valence-electron chi connectivity index (χ2n) is 7.84. The quantitative estimate of drug-likeness (QED) is 0.732. The fraction of sp³-hybridized carbons (Fsp3) is 0.652. The second-order valence-corrected chi connectivity index (χ2v) is 7.84. The van der Waals surface area contributed by atoms with E-state index >= 15 is 0 Å². The molecule has 2 amide bonds. The predicted molar refractivity (Wildman–Crippen MR) is 111 cm³/mol. The van der Waals surface area contributed by atoms with Gasteiger partial charge in [-0.3, -0.25) is 9.59 Å². The monoisotopic (exact) mass is 372 g/mol. The van der Waals surface area contributed by atoms with E-state index < -0.39 is 0 Å². The number of benzene rings is 1. The Kier molecular flexibility index (Phi) is 8.33. The summed E-state index contributed by atoms with van der Waals surface area (Å²) in [6.07, 6.45) is 4.43. The number of carbonyl (C=O) groups is 2. The fourth-order valence-corrected chi connectivity index (χ4v) is 3.79. The van der Waals surface area contributed by atoms with Gasteiger partial charge in [0.1, 0.15) is 0 Å². The maximum atomic E-state index is 12.8. The minimum Gasteiger partial charge on any atom is -0.355 e. The molecule has 4 nitrogen and oxygen atoms in total. The summed E-state index contributed by atoms with van der Waals surface area (Å²) in [6.45, 7) is 10.4. The molecule has 2 unspecified atom stereocenters. The molecule has 1 N–H and O–H groups in total. The number of nitrogens with one attached hydrogen (secondary N) is 1. The van der Waals surface area contributed by atoms with Crippen molar-refractivity contribution < 1.29 is 9.59 Å². The van der Waals surface area contributed by atoms with Gasteiger partial charge in [0.2, 0.25) is 11.8 Å². The van der Waals surface area contributed by atoms with Crippen LogP contribution in [0, 0.1) is 5.92 Å². The van der Waals surface area contributed by atoms with E-state index in [0.29, 0.717) is 24.8 Å². The number of nitrogens with zero attached hydrogens (tertiary/aromatic N) is 1. The molecule has 2 rings (SSSR count). The van der Waals surface area contributed by atoms with Crippen molar-refractivity contribution in [1.29, 1.82) is 0 Å². The standard InChI is InChI=1S/C23H36N2O2/c1-5-17(4)19-8-10-20(11-9-19)21-12-14-25(15-13-21)23(27)18(6-2)16-24-22(26)7-3/h8-11,17-18,21H,5-7,12-16H2,1-4H3,(H,24,26). The molecule has 27 heavy (non-hydrogen) atoms. The van der Waals surface area contributed by atoms with Gasteiger partial charge in [0.05, 0.1) is 5.92 Å². The van der Waals surface area contributed by atoms with Crippen LogP contribution in [0.5, 0.6) is 0 Å². The molecular formula is C23H36N2O2. The van der Waals surface area contributed by atoms with E-state index in [-0.39, 0.29) is 17.7 Å². The Morgan fingerprint density at radius 3 is 2.22 bits per heavy atom. The highest BCUT2D eigenvalue weighted by Crippen LogP contribution is 2.30. The Morgan fingerprint density at radius 1 is 1.07 bits per heavy atom. The van der Waals surface area contributed by atoms with Crippen LogP contribution in [0.15, 0.2) is 24.3 Å². The van der Waals surface area contributed by atoms with Crippen LogP contribution in [-0.4, -0.2) is 36.3 Å². The van der Waals surface area contributed by atoms with Gasteiger partial charge in [0.15, 0.2) is 0 Å². The summed E-state index contributed by atoms with van der Waals surface area (Å²) in [5.41, 5.74) is 2.81. The fourth-order valence-electron chi connectivity index (χ4n) is 3.79. The lowest BCUT2D eigenvalue weighted by atomic mass is 9.87. The van der Waals surface area contributed by atoms with Gasteiger partial charge in [-0.05, 0) is 48.6 Å². The Hall–Kier alpha value is -1.84. The largest absolute Gasteiger partial charge is 0.355 e. The summed E-state index contributed by atoms with van der Waals surface area (Å²) >= 11 is 0. The van der Waals surface area contributed by atoms with Gasteiger partial charge >= 0.3 is 0 Å². The highest BCUT2D eigenvalue weighted by Gasteiger charge is 2.28. The zero-order chi connectivity index (χ0) is 19.8. The van der Waals surface area contributed by atoms with E-state index in [9.17, 15) is 9.59 Å². The number of likely N-dealkylation sites (tertiary alicyclic amines) is 1. The van der Waals surface area contributed by atoms with Crippen molar-refractivity contribution in [3.63, 3.8) is 0 Å². The maximum Gasteiger partial charge on any atom is 0.227 e. The molecule has 1 aromatic carbocycles. The Balaban J connectivity index is 1.88. The van der Waals surface area contributed by atoms with Crippen LogP contribution >= 0.6 is 0 Å². The second kappa shape index (κ2) is 10.5. The lowest BCUT2D eigenvalue weighted by Crippen LogP contribution is -2.44. The molecule has 0 aliphatic carbocycles. The van der Waals surface area contributed by atoms with E-state index in [1.807, 2.05) is 18.7 Å². The molecule has 1 fully saturated rings. The average molecular weight is 373 g/mol. The molecule has 0 bridgehead atoms. The molecular weight excluding hydrogens is 336 g/mol. The van der Waals surface area contributed by atoms with Gasteiger partial charge in [-0.2, -0.15) is 0 Å². The number of carbonyl (C=O) groups excluding carboxylic acids is 2. The predicted octanol–water partition coefficient (Wildman–Crippen LogP) is 4.46. The summed E-state index contributed by atoms with van der Waals surface area (Å²) < 4.78 is 0. The smallest absolute Gasteiger partial charge is 0.227 e. The first-order valence-corrected chi connectivity index (χ1v) is 10.6. The first-order valence-electron chi connectivity index (χ1n) is 10.6. The van der Waals surface area contributed by atoms with Crippen molar-refractivity contribution in [3.05, 3.63) is 35.4 Å². The summed E-state index contributed by atoms with van der Waals surface area (Å²) in [5, 5.41) is 2.87. The van der Waals surface area contributed by atoms with Crippen molar-refractivity contribution >= 4 is 11.8 Å². The lowest BCUT2D eigenvalue weighted by molar-refractivity contribution is -0.136. The third-order valence-corrected chi connectivity index (χ3v) is 6.10. The number of amides is 2. The molecule has 2 atom stereocenters. The van der Waals surface area contributed by atoms with Crippen LogP contribution < -0.4 is 5.32 Å². The maximum absolute atomic E-state index is 12.8. The van der Waals surface area contributed by atoms with Gasteiger partial charge in [0, 0.05) is 26.1 Å². The van der Waals surface area contributed by atoms with E-state index in [2.05, 4.69) is 43.4 Å². The lowest BCUT2D eigenvalue weighted by Gasteiger charge is -2.34. The number of rotatable bonds is 8. The van der Waals surface area contributed by atoms with Crippen LogP contribution in [0.3, 0.4) is 0 Å². The molecule has 0 saturated carbocycles. The van der Waals surface area contributed by atoms with Gasteiger partial charge in [-0.15, -0.1) is 0 Å². The summed E-state index contributed by atoms with van der Waals surface area (Å²) in [6, 6.07) is 9.09. The van der Waals surface area contributed by atoms with Crippen molar-refractivity contribution in [2.24, 2.45) is 5.92 Å². The van der Waals surface area contributed by atoms with Gasteiger partial charge in [-0.1, -0.05) is 52.0 Å². The number of hydrogen-bond acceptors (Lipinski definition) is 2.